The molecule has 0 unspecified atom stereocenters. The number of rotatable bonds is 3. The van der Waals surface area contributed by atoms with Gasteiger partial charge in [0.25, 0.3) is 9.92 Å². The highest BCUT2D eigenvalue weighted by Crippen LogP contribution is 2.06. The van der Waals surface area contributed by atoms with Gasteiger partial charge in [-0.3, -0.25) is 0 Å². The maximum atomic E-state index is 5.53. The van der Waals surface area contributed by atoms with Crippen molar-refractivity contribution in [3.05, 3.63) is 30.3 Å². The highest BCUT2D eigenvalue weighted by molar-refractivity contribution is 6.24. The van der Waals surface area contributed by atoms with E-state index in [1.165, 1.54) is 0 Å². The van der Waals surface area contributed by atoms with Crippen LogP contribution in [0.2, 0.25) is 0 Å². The van der Waals surface area contributed by atoms with E-state index in [0.717, 1.165) is 5.75 Å². The average Bonchev–Trinajstić information content (AvgIpc) is 2.03. The summed E-state index contributed by atoms with van der Waals surface area (Å²) in [5, 5.41) is 0. The Morgan fingerprint density at radius 1 is 1.18 bits per heavy atom. The van der Waals surface area contributed by atoms with Crippen molar-refractivity contribution in [2.75, 3.05) is 14.1 Å². The molecule has 1 rings (SSSR count). The van der Waals surface area contributed by atoms with Crippen molar-refractivity contribution in [1.29, 1.82) is 0 Å². The summed E-state index contributed by atoms with van der Waals surface area (Å²) in [6, 6.07) is 9.93. The van der Waals surface area contributed by atoms with E-state index in [4.69, 9.17) is 4.43 Å². The molecule has 1 aromatic carbocycles. The summed E-state index contributed by atoms with van der Waals surface area (Å²) < 4.78 is 7.65. The Labute approximate surface area is 69.8 Å². The van der Waals surface area contributed by atoms with E-state index in [-0.39, 0.29) is 0 Å². The quantitative estimate of drug-likeness (QED) is 0.612. The molecule has 0 N–H and O–H groups in total. The number of nitrogens with zero attached hydrogens (tertiary/aromatic N) is 1. The number of para-hydroxylation sites is 1. The SMILES string of the molecule is CN(C)[SiH2]Oc1ccccc1. The van der Waals surface area contributed by atoms with Crippen LogP contribution in [0.3, 0.4) is 0 Å². The molecule has 0 amide bonds. The normalized spacial score (nSPS) is 11.2. The lowest BCUT2D eigenvalue weighted by molar-refractivity contribution is 0.501. The lowest BCUT2D eigenvalue weighted by Gasteiger charge is -2.10. The summed E-state index contributed by atoms with van der Waals surface area (Å²) >= 11 is 0. The van der Waals surface area contributed by atoms with Crippen LogP contribution in [0.5, 0.6) is 5.75 Å². The van der Waals surface area contributed by atoms with Gasteiger partial charge >= 0.3 is 0 Å². The van der Waals surface area contributed by atoms with Crippen molar-refractivity contribution in [1.82, 2.24) is 4.57 Å². The number of hydrogen-bond acceptors (Lipinski definition) is 2. The standard InChI is InChI=1S/C8H13NOSi/c1-9(2)11-10-8-6-4-3-5-7-8/h3-7H,11H2,1-2H3. The third kappa shape index (κ3) is 3.20. The van der Waals surface area contributed by atoms with Gasteiger partial charge < -0.3 is 8.99 Å². The molecule has 11 heavy (non-hydrogen) atoms. The number of hydrogen-bond donors (Lipinski definition) is 0. The first kappa shape index (κ1) is 8.29. The summed E-state index contributed by atoms with van der Waals surface area (Å²) in [4.78, 5) is 0. The van der Waals surface area contributed by atoms with Crippen molar-refractivity contribution < 1.29 is 4.43 Å². The minimum absolute atomic E-state index is 0.519. The van der Waals surface area contributed by atoms with Crippen LogP contribution < -0.4 is 4.43 Å². The Bertz CT molecular complexity index is 201. The van der Waals surface area contributed by atoms with Crippen LogP contribution in [0.1, 0.15) is 0 Å². The van der Waals surface area contributed by atoms with Gasteiger partial charge in [0.2, 0.25) is 0 Å². The van der Waals surface area contributed by atoms with Crippen molar-refractivity contribution >= 4 is 9.92 Å². The van der Waals surface area contributed by atoms with Crippen LogP contribution in [0.4, 0.5) is 0 Å². The molecule has 0 aliphatic heterocycles. The van der Waals surface area contributed by atoms with Crippen LogP contribution >= 0.6 is 0 Å². The number of benzene rings is 1. The van der Waals surface area contributed by atoms with Crippen LogP contribution in [-0.4, -0.2) is 28.6 Å². The van der Waals surface area contributed by atoms with Gasteiger partial charge in [0.15, 0.2) is 0 Å². The van der Waals surface area contributed by atoms with Crippen molar-refractivity contribution in [2.45, 2.75) is 0 Å². The zero-order chi connectivity index (χ0) is 8.10. The Hall–Kier alpha value is -0.803. The van der Waals surface area contributed by atoms with Crippen LogP contribution in [0, 0.1) is 0 Å². The summed E-state index contributed by atoms with van der Waals surface area (Å²) in [5.74, 6) is 0.980. The molecule has 0 aromatic heterocycles. The monoisotopic (exact) mass is 167 g/mol. The van der Waals surface area contributed by atoms with Crippen LogP contribution in [0.15, 0.2) is 30.3 Å². The summed E-state index contributed by atoms with van der Waals surface area (Å²) in [6.45, 7) is 0. The maximum Gasteiger partial charge on any atom is 0.299 e. The summed E-state index contributed by atoms with van der Waals surface area (Å²) in [7, 11) is 3.55. The van der Waals surface area contributed by atoms with Crippen molar-refractivity contribution in [3.63, 3.8) is 0 Å². The molecule has 0 aliphatic carbocycles. The molecular formula is C8H13NOSi. The largest absolute Gasteiger partial charge is 0.535 e. The zero-order valence-corrected chi connectivity index (χ0v) is 8.36. The summed E-state index contributed by atoms with van der Waals surface area (Å²) in [6.07, 6.45) is 0. The first-order valence-corrected chi connectivity index (χ1v) is 4.82. The first-order chi connectivity index (χ1) is 5.29. The molecule has 0 saturated heterocycles. The third-order valence-electron chi connectivity index (χ3n) is 1.23. The highest BCUT2D eigenvalue weighted by Gasteiger charge is 1.92. The highest BCUT2D eigenvalue weighted by atomic mass is 28.2. The molecule has 0 aliphatic rings. The Kier molecular flexibility index (Phi) is 3.13. The fourth-order valence-electron chi connectivity index (χ4n) is 0.720. The molecule has 1 aromatic rings. The molecule has 0 saturated carbocycles. The molecular weight excluding hydrogens is 154 g/mol. The zero-order valence-electron chi connectivity index (χ0n) is 6.95. The average molecular weight is 167 g/mol. The third-order valence-corrected chi connectivity index (χ3v) is 2.21. The van der Waals surface area contributed by atoms with E-state index in [0.29, 0.717) is 0 Å². The van der Waals surface area contributed by atoms with Gasteiger partial charge in [-0.1, -0.05) is 18.2 Å². The fourth-order valence-corrected chi connectivity index (χ4v) is 1.32. The second-order valence-electron chi connectivity index (χ2n) is 2.67. The lowest BCUT2D eigenvalue weighted by atomic mass is 10.3. The van der Waals surface area contributed by atoms with E-state index >= 15 is 0 Å². The van der Waals surface area contributed by atoms with Gasteiger partial charge in [-0.25, -0.2) is 0 Å². The lowest BCUT2D eigenvalue weighted by Crippen LogP contribution is -2.22. The Morgan fingerprint density at radius 2 is 1.82 bits per heavy atom. The second-order valence-corrected chi connectivity index (χ2v) is 4.48. The molecule has 0 heterocycles. The van der Waals surface area contributed by atoms with E-state index in [1.807, 2.05) is 44.4 Å². The molecule has 0 spiro atoms. The molecule has 0 atom stereocenters. The smallest absolute Gasteiger partial charge is 0.299 e. The Balaban J connectivity index is 2.39. The molecule has 2 nitrogen and oxygen atoms in total. The van der Waals surface area contributed by atoms with E-state index in [1.54, 1.807) is 0 Å². The van der Waals surface area contributed by atoms with Gasteiger partial charge in [-0.05, 0) is 26.2 Å². The van der Waals surface area contributed by atoms with E-state index < -0.39 is 9.92 Å². The molecule has 60 valence electrons. The summed E-state index contributed by atoms with van der Waals surface area (Å²) in [5.41, 5.74) is 0. The van der Waals surface area contributed by atoms with Crippen LogP contribution in [-0.2, 0) is 0 Å². The predicted molar refractivity (Wildman–Crippen MR) is 49.3 cm³/mol. The minimum atomic E-state index is -0.519. The van der Waals surface area contributed by atoms with Crippen molar-refractivity contribution in [2.24, 2.45) is 0 Å². The van der Waals surface area contributed by atoms with Crippen molar-refractivity contribution in [3.8, 4) is 5.75 Å². The first-order valence-electron chi connectivity index (χ1n) is 3.61. The fraction of sp³-hybridized carbons (Fsp3) is 0.250. The molecule has 0 bridgehead atoms. The van der Waals surface area contributed by atoms with E-state index in [9.17, 15) is 0 Å². The maximum absolute atomic E-state index is 5.53. The van der Waals surface area contributed by atoms with Gasteiger partial charge in [-0.15, -0.1) is 0 Å². The molecule has 0 radical (unpaired) electrons. The molecule has 3 heteroatoms. The molecule has 0 fully saturated rings. The van der Waals surface area contributed by atoms with Gasteiger partial charge in [0.05, 0.1) is 0 Å². The minimum Gasteiger partial charge on any atom is -0.535 e. The predicted octanol–water partition coefficient (Wildman–Crippen LogP) is 0.626. The second kappa shape index (κ2) is 4.15. The van der Waals surface area contributed by atoms with Gasteiger partial charge in [-0.2, -0.15) is 0 Å². The topological polar surface area (TPSA) is 12.5 Å². The Morgan fingerprint density at radius 3 is 2.36 bits per heavy atom. The van der Waals surface area contributed by atoms with Gasteiger partial charge in [0.1, 0.15) is 5.75 Å². The van der Waals surface area contributed by atoms with Crippen LogP contribution in [0.25, 0.3) is 0 Å². The van der Waals surface area contributed by atoms with Gasteiger partial charge in [0, 0.05) is 0 Å². The van der Waals surface area contributed by atoms with E-state index in [2.05, 4.69) is 4.57 Å².